The standard InChI is InChI=1S/C21H24ClNO7/c1-10(2)12-9-30-14-8-15(29-6-4-5-28-3)13(22)7-11(14)18-16(12)19(24)17(21(26)27)20(25)23-18/h7-8,10,12H,4-6,9H2,1-3H3,(H,26,27)(H2,23,24,25). The van der Waals surface area contributed by atoms with Crippen LogP contribution in [0.5, 0.6) is 17.2 Å². The fourth-order valence-corrected chi connectivity index (χ4v) is 3.73. The van der Waals surface area contributed by atoms with Gasteiger partial charge in [0.15, 0.2) is 5.56 Å². The Morgan fingerprint density at radius 3 is 2.73 bits per heavy atom. The molecule has 1 atom stereocenters. The number of rotatable bonds is 7. The van der Waals surface area contributed by atoms with Crippen molar-refractivity contribution in [2.75, 3.05) is 26.9 Å². The second-order valence-corrected chi connectivity index (χ2v) is 7.81. The second kappa shape index (κ2) is 8.97. The number of aromatic nitrogens is 1. The summed E-state index contributed by atoms with van der Waals surface area (Å²) in [6.45, 7) is 4.99. The summed E-state index contributed by atoms with van der Waals surface area (Å²) in [5, 5.41) is 20.4. The van der Waals surface area contributed by atoms with Crippen molar-refractivity contribution in [3.05, 3.63) is 38.6 Å². The summed E-state index contributed by atoms with van der Waals surface area (Å²) in [6, 6.07) is 3.22. The van der Waals surface area contributed by atoms with Gasteiger partial charge in [-0.3, -0.25) is 4.79 Å². The van der Waals surface area contributed by atoms with Crippen molar-refractivity contribution in [3.63, 3.8) is 0 Å². The molecule has 0 radical (unpaired) electrons. The number of carboxylic acid groups (broad SMARTS) is 1. The number of fused-ring (bicyclic) bond motifs is 3. The number of hydrogen-bond acceptors (Lipinski definition) is 6. The predicted octanol–water partition coefficient (Wildman–Crippen LogP) is 3.65. The minimum atomic E-state index is -1.50. The van der Waals surface area contributed by atoms with Gasteiger partial charge in [0.25, 0.3) is 5.56 Å². The summed E-state index contributed by atoms with van der Waals surface area (Å²) in [5.41, 5.74) is -0.518. The predicted molar refractivity (Wildman–Crippen MR) is 111 cm³/mol. The number of H-pyrrole nitrogens is 1. The summed E-state index contributed by atoms with van der Waals surface area (Å²) >= 11 is 6.39. The maximum Gasteiger partial charge on any atom is 0.345 e. The smallest absolute Gasteiger partial charge is 0.345 e. The third kappa shape index (κ3) is 4.11. The number of halogens is 1. The molecule has 1 aliphatic rings. The van der Waals surface area contributed by atoms with Gasteiger partial charge >= 0.3 is 5.97 Å². The molecule has 162 valence electrons. The molecule has 0 fully saturated rings. The summed E-state index contributed by atoms with van der Waals surface area (Å²) in [5.74, 6) is -1.56. The van der Waals surface area contributed by atoms with E-state index in [4.69, 9.17) is 25.8 Å². The average molecular weight is 438 g/mol. The lowest BCUT2D eigenvalue weighted by Gasteiger charge is -2.22. The van der Waals surface area contributed by atoms with Crippen LogP contribution >= 0.6 is 11.6 Å². The van der Waals surface area contributed by atoms with Crippen LogP contribution in [0.15, 0.2) is 16.9 Å². The SMILES string of the molecule is COCCCOc1cc2c(cc1Cl)-c1[nH]c(=O)c(C(=O)O)c(O)c1C(C(C)C)CO2. The Balaban J connectivity index is 2.16. The van der Waals surface area contributed by atoms with Crippen LogP contribution in [0.1, 0.15) is 42.1 Å². The van der Waals surface area contributed by atoms with E-state index in [0.29, 0.717) is 53.0 Å². The summed E-state index contributed by atoms with van der Waals surface area (Å²) in [7, 11) is 1.61. The minimum absolute atomic E-state index is 0.00301. The van der Waals surface area contributed by atoms with Crippen molar-refractivity contribution in [2.45, 2.75) is 26.2 Å². The number of aromatic amines is 1. The van der Waals surface area contributed by atoms with Crippen LogP contribution in [0.4, 0.5) is 0 Å². The lowest BCUT2D eigenvalue weighted by Crippen LogP contribution is -2.23. The Hall–Kier alpha value is -2.71. The number of carbonyl (C=O) groups is 1. The maximum atomic E-state index is 12.4. The molecule has 30 heavy (non-hydrogen) atoms. The zero-order valence-electron chi connectivity index (χ0n) is 17.0. The second-order valence-electron chi connectivity index (χ2n) is 7.41. The first-order valence-electron chi connectivity index (χ1n) is 9.57. The number of hydrogen-bond donors (Lipinski definition) is 3. The molecule has 1 unspecified atom stereocenters. The Bertz CT molecular complexity index is 1020. The van der Waals surface area contributed by atoms with Crippen LogP contribution < -0.4 is 15.0 Å². The fraction of sp³-hybridized carbons (Fsp3) is 0.429. The van der Waals surface area contributed by atoms with Crippen molar-refractivity contribution in [1.82, 2.24) is 4.98 Å². The van der Waals surface area contributed by atoms with Gasteiger partial charge in [-0.2, -0.15) is 0 Å². The highest BCUT2D eigenvalue weighted by molar-refractivity contribution is 6.32. The summed E-state index contributed by atoms with van der Waals surface area (Å²) in [4.78, 5) is 26.5. The van der Waals surface area contributed by atoms with E-state index in [9.17, 15) is 19.8 Å². The van der Waals surface area contributed by atoms with Crippen LogP contribution in [-0.4, -0.2) is 48.1 Å². The molecule has 1 aromatic carbocycles. The third-order valence-electron chi connectivity index (χ3n) is 5.09. The summed E-state index contributed by atoms with van der Waals surface area (Å²) in [6.07, 6.45) is 0.683. The van der Waals surface area contributed by atoms with Gasteiger partial charge in [-0.05, 0) is 12.0 Å². The highest BCUT2D eigenvalue weighted by Crippen LogP contribution is 2.47. The Kier molecular flexibility index (Phi) is 6.58. The van der Waals surface area contributed by atoms with E-state index in [2.05, 4.69) is 4.98 Å². The van der Waals surface area contributed by atoms with E-state index in [-0.39, 0.29) is 18.4 Å². The minimum Gasteiger partial charge on any atom is -0.506 e. The number of pyridine rings is 1. The quantitative estimate of drug-likeness (QED) is 0.566. The van der Waals surface area contributed by atoms with Crippen LogP contribution in [-0.2, 0) is 4.74 Å². The highest BCUT2D eigenvalue weighted by Gasteiger charge is 2.33. The average Bonchev–Trinajstić information content (AvgIpc) is 2.82. The van der Waals surface area contributed by atoms with Gasteiger partial charge in [-0.15, -0.1) is 0 Å². The van der Waals surface area contributed by atoms with E-state index in [1.54, 1.807) is 19.2 Å². The Morgan fingerprint density at radius 2 is 2.10 bits per heavy atom. The monoisotopic (exact) mass is 437 g/mol. The molecule has 2 aromatic rings. The Labute approximate surface area is 178 Å². The molecule has 0 spiro atoms. The molecule has 1 aliphatic heterocycles. The molecule has 8 nitrogen and oxygen atoms in total. The van der Waals surface area contributed by atoms with E-state index < -0.39 is 22.8 Å². The molecule has 9 heteroatoms. The number of aromatic hydroxyl groups is 1. The first-order chi connectivity index (χ1) is 14.3. The maximum absolute atomic E-state index is 12.4. The third-order valence-corrected chi connectivity index (χ3v) is 5.38. The molecule has 0 saturated heterocycles. The number of ether oxygens (including phenoxy) is 3. The number of benzene rings is 1. The van der Waals surface area contributed by atoms with E-state index >= 15 is 0 Å². The zero-order chi connectivity index (χ0) is 22.0. The molecule has 3 N–H and O–H groups in total. The van der Waals surface area contributed by atoms with Gasteiger partial charge in [0.1, 0.15) is 17.2 Å². The Morgan fingerprint density at radius 1 is 1.37 bits per heavy atom. The molecule has 3 rings (SSSR count). The summed E-state index contributed by atoms with van der Waals surface area (Å²) < 4.78 is 16.7. The van der Waals surface area contributed by atoms with Crippen molar-refractivity contribution in [1.29, 1.82) is 0 Å². The van der Waals surface area contributed by atoms with E-state index in [1.165, 1.54) is 0 Å². The molecule has 0 saturated carbocycles. The van der Waals surface area contributed by atoms with E-state index in [1.807, 2.05) is 13.8 Å². The highest BCUT2D eigenvalue weighted by atomic mass is 35.5. The van der Waals surface area contributed by atoms with Crippen LogP contribution in [0.3, 0.4) is 0 Å². The van der Waals surface area contributed by atoms with Crippen molar-refractivity contribution < 1.29 is 29.2 Å². The van der Waals surface area contributed by atoms with Gasteiger partial charge in [-0.1, -0.05) is 25.4 Å². The lowest BCUT2D eigenvalue weighted by atomic mass is 9.85. The molecular weight excluding hydrogens is 414 g/mol. The zero-order valence-corrected chi connectivity index (χ0v) is 17.7. The number of aromatic carboxylic acids is 1. The number of carboxylic acids is 1. The van der Waals surface area contributed by atoms with Gasteiger partial charge in [0, 0.05) is 43.2 Å². The van der Waals surface area contributed by atoms with Crippen LogP contribution in [0.25, 0.3) is 11.3 Å². The molecule has 0 aliphatic carbocycles. The first-order valence-corrected chi connectivity index (χ1v) is 9.94. The van der Waals surface area contributed by atoms with Crippen LogP contribution in [0, 0.1) is 5.92 Å². The largest absolute Gasteiger partial charge is 0.506 e. The van der Waals surface area contributed by atoms with Crippen molar-refractivity contribution in [3.8, 4) is 28.5 Å². The van der Waals surface area contributed by atoms with Crippen LogP contribution in [0.2, 0.25) is 5.02 Å². The van der Waals surface area contributed by atoms with Gasteiger partial charge in [-0.25, -0.2) is 4.79 Å². The number of methoxy groups -OCH3 is 1. The lowest BCUT2D eigenvalue weighted by molar-refractivity contribution is 0.0691. The van der Waals surface area contributed by atoms with Gasteiger partial charge in [0.05, 0.1) is 23.9 Å². The molecule has 0 amide bonds. The van der Waals surface area contributed by atoms with Crippen molar-refractivity contribution in [2.24, 2.45) is 5.92 Å². The molecule has 2 heterocycles. The molecular formula is C21H24ClNO7. The normalized spacial score (nSPS) is 15.2. The van der Waals surface area contributed by atoms with Gasteiger partial charge in [0.2, 0.25) is 0 Å². The molecule has 1 aromatic heterocycles. The van der Waals surface area contributed by atoms with E-state index in [0.717, 1.165) is 0 Å². The first kappa shape index (κ1) is 22.0. The molecule has 0 bridgehead atoms. The van der Waals surface area contributed by atoms with Gasteiger partial charge < -0.3 is 29.4 Å². The van der Waals surface area contributed by atoms with Crippen molar-refractivity contribution >= 4 is 17.6 Å². The topological polar surface area (TPSA) is 118 Å². The fourth-order valence-electron chi connectivity index (χ4n) is 3.51. The number of nitrogens with one attached hydrogen (secondary N) is 1.